The fourth-order valence-corrected chi connectivity index (χ4v) is 3.97. The summed E-state index contributed by atoms with van der Waals surface area (Å²) in [6.45, 7) is 2.23. The lowest BCUT2D eigenvalue weighted by Gasteiger charge is -2.26. The third kappa shape index (κ3) is 7.11. The molecule has 172 valence electrons. The van der Waals surface area contributed by atoms with Crippen molar-refractivity contribution in [2.75, 3.05) is 0 Å². The van der Waals surface area contributed by atoms with Crippen LogP contribution in [-0.4, -0.2) is 12.3 Å². The molecule has 32 heavy (non-hydrogen) atoms. The highest BCUT2D eigenvalue weighted by Crippen LogP contribution is 2.32. The maximum atomic E-state index is 13.8. The van der Waals surface area contributed by atoms with Crippen molar-refractivity contribution in [3.05, 3.63) is 65.5 Å². The van der Waals surface area contributed by atoms with Gasteiger partial charge in [0.15, 0.2) is 11.6 Å². The number of rotatable bonds is 7. The molecule has 0 spiro atoms. The van der Waals surface area contributed by atoms with E-state index < -0.39 is 23.9 Å². The topological polar surface area (TPSA) is 35.5 Å². The van der Waals surface area contributed by atoms with Gasteiger partial charge in [0.25, 0.3) is 0 Å². The summed E-state index contributed by atoms with van der Waals surface area (Å²) < 4.78 is 59.0. The third-order valence-corrected chi connectivity index (χ3v) is 5.64. The van der Waals surface area contributed by atoms with Gasteiger partial charge in [-0.3, -0.25) is 0 Å². The van der Waals surface area contributed by atoms with E-state index in [4.69, 9.17) is 4.74 Å². The van der Waals surface area contributed by atoms with Gasteiger partial charge >= 0.3 is 12.3 Å². The third-order valence-electron chi connectivity index (χ3n) is 5.64. The van der Waals surface area contributed by atoms with Gasteiger partial charge in [0.1, 0.15) is 5.75 Å². The summed E-state index contributed by atoms with van der Waals surface area (Å²) in [7, 11) is 0. The maximum Gasteiger partial charge on any atom is 0.573 e. The van der Waals surface area contributed by atoms with E-state index >= 15 is 0 Å². The Morgan fingerprint density at radius 3 is 2.34 bits per heavy atom. The Bertz CT molecular complexity index is 927. The number of hydrogen-bond donors (Lipinski definition) is 0. The molecule has 7 heteroatoms. The molecule has 0 heterocycles. The van der Waals surface area contributed by atoms with Crippen LogP contribution in [0.4, 0.5) is 17.6 Å². The van der Waals surface area contributed by atoms with Crippen LogP contribution in [0.1, 0.15) is 61.4 Å². The van der Waals surface area contributed by atoms with Gasteiger partial charge in [-0.15, -0.1) is 13.2 Å². The normalized spacial score (nSPS) is 19.2. The minimum Gasteiger partial charge on any atom is -0.423 e. The Balaban J connectivity index is 1.54. The summed E-state index contributed by atoms with van der Waals surface area (Å²) in [5.74, 6) is -1.80. The lowest BCUT2D eigenvalue weighted by atomic mass is 9.80. The Morgan fingerprint density at radius 2 is 1.75 bits per heavy atom. The SMILES string of the molecule is CCCC1CCC(/C=C/c2ccc(C(=O)Oc3ccc(OC(F)(F)F)c(F)c3)cc2)CC1. The molecule has 0 atom stereocenters. The van der Waals surface area contributed by atoms with Crippen LogP contribution in [0, 0.1) is 17.7 Å². The molecular weight excluding hydrogens is 424 g/mol. The van der Waals surface area contributed by atoms with Crippen molar-refractivity contribution in [3.8, 4) is 11.5 Å². The Kier molecular flexibility index (Phi) is 7.94. The number of carbonyl (C=O) groups is 1. The first-order valence-electron chi connectivity index (χ1n) is 10.8. The van der Waals surface area contributed by atoms with Gasteiger partial charge in [-0.1, -0.05) is 44.1 Å². The Hall–Kier alpha value is -2.83. The zero-order chi connectivity index (χ0) is 23.1. The van der Waals surface area contributed by atoms with Crippen LogP contribution in [-0.2, 0) is 0 Å². The first kappa shape index (κ1) is 23.8. The van der Waals surface area contributed by atoms with Gasteiger partial charge in [-0.25, -0.2) is 9.18 Å². The molecule has 1 aliphatic rings. The van der Waals surface area contributed by atoms with Crippen LogP contribution in [0.2, 0.25) is 0 Å². The predicted octanol–water partition coefficient (Wildman–Crippen LogP) is 7.56. The minimum atomic E-state index is -5.01. The molecule has 1 fully saturated rings. The first-order chi connectivity index (χ1) is 15.2. The Morgan fingerprint density at radius 1 is 1.06 bits per heavy atom. The maximum absolute atomic E-state index is 13.8. The molecule has 0 unspecified atom stereocenters. The smallest absolute Gasteiger partial charge is 0.423 e. The fraction of sp³-hybridized carbons (Fsp3) is 0.400. The van der Waals surface area contributed by atoms with Crippen molar-refractivity contribution < 1.29 is 31.8 Å². The highest BCUT2D eigenvalue weighted by molar-refractivity contribution is 5.91. The molecule has 3 rings (SSSR count). The van der Waals surface area contributed by atoms with Crippen molar-refractivity contribution in [3.63, 3.8) is 0 Å². The predicted molar refractivity (Wildman–Crippen MR) is 114 cm³/mol. The second-order valence-electron chi connectivity index (χ2n) is 8.08. The number of allylic oxidation sites excluding steroid dienone is 1. The summed E-state index contributed by atoms with van der Waals surface area (Å²) in [4.78, 5) is 12.3. The van der Waals surface area contributed by atoms with Gasteiger partial charge in [-0.2, -0.15) is 0 Å². The van der Waals surface area contributed by atoms with Gasteiger partial charge in [0.05, 0.1) is 5.56 Å². The quantitative estimate of drug-likeness (QED) is 0.248. The van der Waals surface area contributed by atoms with Crippen LogP contribution in [0.15, 0.2) is 48.5 Å². The molecule has 1 aliphatic carbocycles. The second kappa shape index (κ2) is 10.7. The largest absolute Gasteiger partial charge is 0.573 e. The lowest BCUT2D eigenvalue weighted by molar-refractivity contribution is -0.275. The van der Waals surface area contributed by atoms with E-state index in [0.29, 0.717) is 12.0 Å². The molecule has 0 bridgehead atoms. The molecule has 1 saturated carbocycles. The number of halogens is 4. The molecule has 0 radical (unpaired) electrons. The van der Waals surface area contributed by atoms with E-state index in [1.54, 1.807) is 24.3 Å². The van der Waals surface area contributed by atoms with Gasteiger partial charge in [-0.05, 0) is 67.3 Å². The summed E-state index contributed by atoms with van der Waals surface area (Å²) in [6.07, 6.45) is 6.78. The number of carbonyl (C=O) groups excluding carboxylic acids is 1. The number of esters is 1. The highest BCUT2D eigenvalue weighted by atomic mass is 19.4. The zero-order valence-corrected chi connectivity index (χ0v) is 17.8. The Labute approximate surface area is 185 Å². The fourth-order valence-electron chi connectivity index (χ4n) is 3.97. The van der Waals surface area contributed by atoms with Crippen molar-refractivity contribution in [1.82, 2.24) is 0 Å². The van der Waals surface area contributed by atoms with Crippen molar-refractivity contribution in [2.45, 2.75) is 51.8 Å². The van der Waals surface area contributed by atoms with Crippen LogP contribution in [0.3, 0.4) is 0 Å². The van der Waals surface area contributed by atoms with Crippen LogP contribution in [0.25, 0.3) is 6.08 Å². The lowest BCUT2D eigenvalue weighted by Crippen LogP contribution is -2.18. The van der Waals surface area contributed by atoms with Crippen LogP contribution < -0.4 is 9.47 Å². The van der Waals surface area contributed by atoms with Crippen molar-refractivity contribution in [2.24, 2.45) is 11.8 Å². The number of ether oxygens (including phenoxy) is 2. The van der Waals surface area contributed by atoms with E-state index in [0.717, 1.165) is 23.6 Å². The molecule has 0 N–H and O–H groups in total. The average Bonchev–Trinajstić information content (AvgIpc) is 2.75. The molecule has 2 aromatic carbocycles. The summed E-state index contributed by atoms with van der Waals surface area (Å²) >= 11 is 0. The van der Waals surface area contributed by atoms with E-state index in [2.05, 4.69) is 23.8 Å². The number of hydrogen-bond acceptors (Lipinski definition) is 3. The van der Waals surface area contributed by atoms with E-state index in [1.807, 2.05) is 0 Å². The molecule has 0 amide bonds. The van der Waals surface area contributed by atoms with E-state index in [-0.39, 0.29) is 11.3 Å². The first-order valence-corrected chi connectivity index (χ1v) is 10.8. The molecule has 0 saturated heterocycles. The molecule has 0 aliphatic heterocycles. The summed E-state index contributed by atoms with van der Waals surface area (Å²) in [5.41, 5.74) is 1.20. The van der Waals surface area contributed by atoms with Gasteiger partial charge in [0, 0.05) is 6.07 Å². The zero-order valence-electron chi connectivity index (χ0n) is 17.8. The highest BCUT2D eigenvalue weighted by Gasteiger charge is 2.32. The van der Waals surface area contributed by atoms with Crippen LogP contribution in [0.5, 0.6) is 11.5 Å². The molecular formula is C25H26F4O3. The molecule has 0 aromatic heterocycles. The van der Waals surface area contributed by atoms with E-state index in [9.17, 15) is 22.4 Å². The summed E-state index contributed by atoms with van der Waals surface area (Å²) in [5, 5.41) is 0. The van der Waals surface area contributed by atoms with Crippen molar-refractivity contribution >= 4 is 12.0 Å². The average molecular weight is 450 g/mol. The monoisotopic (exact) mass is 450 g/mol. The van der Waals surface area contributed by atoms with Crippen LogP contribution >= 0.6 is 0 Å². The number of alkyl halides is 3. The van der Waals surface area contributed by atoms with Gasteiger partial charge in [0.2, 0.25) is 0 Å². The second-order valence-corrected chi connectivity index (χ2v) is 8.08. The van der Waals surface area contributed by atoms with Crippen molar-refractivity contribution in [1.29, 1.82) is 0 Å². The molecule has 2 aromatic rings. The summed E-state index contributed by atoms with van der Waals surface area (Å²) in [6, 6.07) is 9.23. The number of benzene rings is 2. The standard InChI is InChI=1S/C25H26F4O3/c1-2-3-17-4-6-18(7-5-17)8-9-19-10-12-20(13-11-19)24(30)31-21-14-15-23(22(26)16-21)32-25(27,28)29/h8-18H,2-7H2,1H3/b9-8+. The van der Waals surface area contributed by atoms with Gasteiger partial charge < -0.3 is 9.47 Å². The molecule has 3 nitrogen and oxygen atoms in total. The minimum absolute atomic E-state index is 0.218. The van der Waals surface area contributed by atoms with E-state index in [1.165, 1.54) is 38.5 Å².